The summed E-state index contributed by atoms with van der Waals surface area (Å²) in [5, 5.41) is 99.6. The number of carboxylic acid groups (broad SMARTS) is 1. The van der Waals surface area contributed by atoms with Gasteiger partial charge in [-0.05, 0) is 151 Å². The van der Waals surface area contributed by atoms with Crippen molar-refractivity contribution in [1.82, 2.24) is 4.98 Å². The summed E-state index contributed by atoms with van der Waals surface area (Å²) in [7, 11) is 8.41. The van der Waals surface area contributed by atoms with Gasteiger partial charge in [0.05, 0.1) is 110 Å². The number of nitrogen functional groups attached to an aromatic ring is 1. The number of carboxylic acids is 1. The molecule has 46 heteroatoms. The number of nitrogens with zero attached hydrogens (tertiary/aromatic N) is 4. The molecule has 0 spiro atoms. The number of carbonyl (C=O) groups is 7. The van der Waals surface area contributed by atoms with Crippen molar-refractivity contribution in [3.05, 3.63) is 213 Å². The maximum absolute atomic E-state index is 11.9. The van der Waals surface area contributed by atoms with Gasteiger partial charge in [-0.15, -0.1) is 0 Å². The number of aliphatic hydroxyl groups is 2. The number of methoxy groups -OCH3 is 7. The second-order valence-electron chi connectivity index (χ2n) is 40.5. The molecule has 820 valence electrons. The molecule has 6 aromatic carbocycles. The van der Waals surface area contributed by atoms with Crippen LogP contribution in [0.15, 0.2) is 112 Å². The van der Waals surface area contributed by atoms with E-state index < -0.39 is 113 Å². The Morgan fingerprint density at radius 1 is 0.490 bits per heavy atom. The molecule has 2 heterocycles. The molecule has 1 saturated heterocycles. The minimum absolute atomic E-state index is 0. The number of phenols is 3. The molecule has 9 N–H and O–H groups in total. The fourth-order valence-corrected chi connectivity index (χ4v) is 13.9. The van der Waals surface area contributed by atoms with Crippen LogP contribution in [0.4, 0.5) is 52.4 Å². The number of nitro benzene ring substituents is 4. The smallest absolute Gasteiger partial charge is 1.00 e. The molecule has 0 atom stereocenters. The van der Waals surface area contributed by atoms with Crippen LogP contribution in [0.25, 0.3) is 10.9 Å². The van der Waals surface area contributed by atoms with Crippen molar-refractivity contribution in [1.29, 1.82) is 0 Å². The molecule has 41 nitrogen and oxygen atoms in total. The number of nitrogens with one attached hydrogen (secondary N) is 1. The number of nitrogens with two attached hydrogens (primary N) is 1. The average Bonchev–Trinajstić information content (AvgIpc) is 0.811. The molecule has 1 fully saturated rings. The summed E-state index contributed by atoms with van der Waals surface area (Å²) in [4.78, 5) is 135. The van der Waals surface area contributed by atoms with Crippen LogP contribution in [0, 0.1) is 40.5 Å². The number of halogens is 2. The number of H-pyrrole nitrogens is 1. The van der Waals surface area contributed by atoms with E-state index in [2.05, 4.69) is 75.8 Å². The third kappa shape index (κ3) is 47.1. The van der Waals surface area contributed by atoms with E-state index in [9.17, 15) is 99.2 Å². The molecule has 0 saturated carbocycles. The van der Waals surface area contributed by atoms with Crippen molar-refractivity contribution in [2.45, 2.75) is 262 Å². The number of allylic oxidation sites excluding steroid dienone is 1. The second-order valence-corrected chi connectivity index (χ2v) is 46.1. The molecule has 8 rings (SSSR count). The van der Waals surface area contributed by atoms with Crippen molar-refractivity contribution in [3.8, 4) is 28.7 Å². The van der Waals surface area contributed by atoms with Crippen molar-refractivity contribution in [2.24, 2.45) is 0 Å². The Morgan fingerprint density at radius 2 is 0.823 bits per heavy atom. The van der Waals surface area contributed by atoms with Crippen molar-refractivity contribution in [2.75, 3.05) is 95.6 Å². The van der Waals surface area contributed by atoms with E-state index in [1.165, 1.54) is 78.9 Å². The number of para-hydroxylation sites is 1. The van der Waals surface area contributed by atoms with Crippen LogP contribution in [0.3, 0.4) is 0 Å². The number of esters is 1. The van der Waals surface area contributed by atoms with Crippen LogP contribution in [0.1, 0.15) is 255 Å². The predicted octanol–water partition coefficient (Wildman–Crippen LogP) is 19.1. The number of ether oxygens (including phenoxy) is 12. The summed E-state index contributed by atoms with van der Waals surface area (Å²) in [6.45, 7) is 54.5. The topological polar surface area (TPSA) is 592 Å². The number of hydrogen-bond donors (Lipinski definition) is 8. The number of carbonyl (C=O) groups excluding carboxylic acids is 6. The van der Waals surface area contributed by atoms with Crippen molar-refractivity contribution >= 4 is 135 Å². The van der Waals surface area contributed by atoms with Gasteiger partial charge in [0.1, 0.15) is 47.5 Å². The van der Waals surface area contributed by atoms with Crippen molar-refractivity contribution in [3.63, 3.8) is 0 Å². The number of aromatic amines is 1. The van der Waals surface area contributed by atoms with E-state index in [1.54, 1.807) is 97.2 Å². The molecule has 0 unspecified atom stereocenters. The van der Waals surface area contributed by atoms with Gasteiger partial charge in [-0.2, -0.15) is 0 Å². The first-order valence-corrected chi connectivity index (χ1v) is 49.0. The summed E-state index contributed by atoms with van der Waals surface area (Å²) in [5.74, 6) is -1.39. The average molecular weight is 2190 g/mol. The summed E-state index contributed by atoms with van der Waals surface area (Å²) < 4.78 is 63.3. The Labute approximate surface area is 898 Å². The summed E-state index contributed by atoms with van der Waals surface area (Å²) >= 11 is 7.75. The number of anilines is 1. The Balaban J connectivity index is -0.000000393. The summed E-state index contributed by atoms with van der Waals surface area (Å²) in [6.07, 6.45) is 0.256. The molecule has 1 aliphatic rings. The van der Waals surface area contributed by atoms with Crippen LogP contribution < -0.4 is 39.5 Å². The maximum atomic E-state index is 11.9. The predicted molar refractivity (Wildman–Crippen MR) is 569 cm³/mol. The molecule has 0 aliphatic carbocycles. The molecule has 147 heavy (non-hydrogen) atoms. The van der Waals surface area contributed by atoms with E-state index in [0.717, 1.165) is 44.6 Å². The van der Waals surface area contributed by atoms with Gasteiger partial charge in [0.25, 0.3) is 28.7 Å². The van der Waals surface area contributed by atoms with Gasteiger partial charge in [0.2, 0.25) is 13.7 Å². The number of benzene rings is 6. The van der Waals surface area contributed by atoms with Gasteiger partial charge in [-0.3, -0.25) is 50.0 Å². The molecule has 0 amide bonds. The monoisotopic (exact) mass is 2190 g/mol. The van der Waals surface area contributed by atoms with Crippen LogP contribution in [0.5, 0.6) is 28.7 Å². The van der Waals surface area contributed by atoms with E-state index in [-0.39, 0.29) is 133 Å². The third-order valence-electron chi connectivity index (χ3n) is 20.5. The molecular formula is C101H154AlBrClLiN6O35Si. The molecule has 1 aliphatic heterocycles. The molecule has 0 radical (unpaired) electrons. The molecular weight excluding hydrogens is 2030 g/mol. The van der Waals surface area contributed by atoms with Gasteiger partial charge in [0.15, 0.2) is 17.4 Å². The van der Waals surface area contributed by atoms with Crippen molar-refractivity contribution < 1.29 is 165 Å². The number of aromatic nitrogens is 1. The molecule has 1 aromatic heterocycles. The number of rotatable bonds is 20. The summed E-state index contributed by atoms with van der Waals surface area (Å²) in [5.41, 5.74) is 6.02. The number of hydrogen-bond acceptors (Lipinski definition) is 35. The SMILES string of the molecule is C.C1CCOC1.CC(C)(C)c1cc(Br)c(O)cc1[N+](=O)[O-].CC(C)(C)c1cc(C(C)(C)CO)c(O)cc1[N+](=O)[O-].CO.COC(=O)C(C)(C)c1cc(C(C)(C)C)c([N+](=O)[O-])cc1O.COC(=O)Cl.COC(=O)OCC(C)(C)c1cc(C(C)(C)C)c(N)cc1OC(=O)OC.COC(=O)OCC(C)(C)c1cc(C(C)(C)C)c([N+](=O)[O-])cc1OC(=O)OC.COC(O[Si](C)(C)C)=C(C)C.O=C(O)c1c[nH]c2ccccc2c1=O.[AlH3].[H-].[Li+]. The third-order valence-corrected chi connectivity index (χ3v) is 22.1. The number of phenolic OH excluding ortho intramolecular Hbond substituents is 3. The van der Waals surface area contributed by atoms with Crippen LogP contribution in [-0.2, 0) is 105 Å². The number of aliphatic hydroxyl groups excluding tert-OH is 2. The minimum Gasteiger partial charge on any atom is -1.00 e. The Bertz CT molecular complexity index is 5660. The Morgan fingerprint density at radius 3 is 1.13 bits per heavy atom. The fraction of sp³-hybridized carbons (Fsp3) is 0.525. The number of fused-ring (bicyclic) bond motifs is 1. The zero-order valence-electron chi connectivity index (χ0n) is 91.3. The van der Waals surface area contributed by atoms with E-state index in [4.69, 9.17) is 53.5 Å². The first-order valence-electron chi connectivity index (χ1n) is 44.4. The quantitative estimate of drug-likeness (QED) is 0.00404. The first kappa shape index (κ1) is 144. The van der Waals surface area contributed by atoms with E-state index >= 15 is 0 Å². The largest absolute Gasteiger partial charge is 1.00 e. The number of aromatic carboxylic acids is 1. The summed E-state index contributed by atoms with van der Waals surface area (Å²) in [6, 6.07) is 21.2. The van der Waals surface area contributed by atoms with Crippen LogP contribution >= 0.6 is 27.5 Å². The van der Waals surface area contributed by atoms with Gasteiger partial charge >= 0.3 is 60.8 Å². The second kappa shape index (κ2) is 62.5. The number of pyridine rings is 1. The molecule has 0 bridgehead atoms. The van der Waals surface area contributed by atoms with Gasteiger partial charge in [0, 0.05) is 127 Å². The molecule has 7 aromatic rings. The van der Waals surface area contributed by atoms with E-state index in [1.807, 2.05) is 138 Å². The van der Waals surface area contributed by atoms with Gasteiger partial charge in [-0.25, -0.2) is 28.8 Å². The Hall–Kier alpha value is -11.8. The minimum atomic E-state index is -1.49. The Kier molecular flexibility index (Phi) is 61.0. The van der Waals surface area contributed by atoms with Crippen LogP contribution in [0.2, 0.25) is 19.6 Å². The van der Waals surface area contributed by atoms with Gasteiger partial charge < -0.3 is 104 Å². The zero-order valence-corrected chi connectivity index (χ0v) is 93.6. The van der Waals surface area contributed by atoms with E-state index in [0.29, 0.717) is 71.5 Å². The van der Waals surface area contributed by atoms with Gasteiger partial charge in [-0.1, -0.05) is 165 Å². The number of nitro groups is 4. The first-order chi connectivity index (χ1) is 65.7. The number of aromatic hydroxyl groups is 3. The normalized spacial score (nSPS) is 11.5. The maximum Gasteiger partial charge on any atom is 1.00 e. The van der Waals surface area contributed by atoms with Crippen LogP contribution in [-0.4, -0.2) is 213 Å². The standard InChI is InChI=1S/C18H25NO8.C18H27NO6.C15H21NO5.C14H21NO4.C10H12BrNO3.C10H7NO3.C8H18O2Si.C4H8O.C2H3ClO2.CH4O.CH4.Al.Li.4H/c1-17(2,3)11-8-12(18(4,5)10-26-15(20)24-6)14(27-16(21)25-7)9-13(11)19(22)23;1-17(2,3)11-8-12(18(4,5)10-24-15(20)22-6)14(9-13(11)19)25-16(21)23-7;1-14(2,3)9-7-10(15(4,5)13(18)21-6)12(17)8-11(9)16(19)20;1-13(2,3)9-6-10(14(4,5)8-16)12(17)7-11(9)15(18)19;1-10(2,3)6-4-7(11)9(13)5-8(6)12(14)15;12-9-6-3-1-2-4-8(6)11-5-7(9)10(13)14;1-7(2)8(9-3)10-11(4,5)6;1-2-4-5-3-1;1-5-2(3)4;1-2;;;;;;;/h8-9H,10H2,1-7H3;8-9H,10,19H2,1-7H3;7-8,17H,1-6H3;6-7,16-17H,8H2,1-5H3;4-5,13H,1-3H3;1-5H,(H,11,12)(H,13,14);1-6H3;1-4H2;1H3;2H,1H3;1H4;;;;;;/q;;;;;;;;;;;;+1;;;;-1. The fourth-order valence-electron chi connectivity index (χ4n) is 12.7. The zero-order chi connectivity index (χ0) is 113.